The lowest BCUT2D eigenvalue weighted by Gasteiger charge is -2.30. The first-order valence-electron chi connectivity index (χ1n) is 29.0. The zero-order valence-corrected chi connectivity index (χ0v) is 45.9. The van der Waals surface area contributed by atoms with E-state index >= 15 is 0 Å². The minimum atomic E-state index is -0.437. The maximum absolute atomic E-state index is 2.55. The molecule has 0 saturated heterocycles. The Bertz CT molecular complexity index is 5210. The Morgan fingerprint density at radius 1 is 0.193 bits per heavy atom. The van der Waals surface area contributed by atoms with Gasteiger partial charge in [0.05, 0.1) is 10.8 Å². The number of thiophene rings is 1. The Kier molecular flexibility index (Phi) is 9.17. The molecule has 0 amide bonds. The molecule has 83 heavy (non-hydrogen) atoms. The summed E-state index contributed by atoms with van der Waals surface area (Å²) in [5.41, 5.74) is 30.4. The molecule has 0 N–H and O–H groups in total. The highest BCUT2D eigenvalue weighted by atomic mass is 32.1. The van der Waals surface area contributed by atoms with Crippen molar-refractivity contribution in [3.63, 3.8) is 0 Å². The van der Waals surface area contributed by atoms with E-state index in [4.69, 9.17) is 0 Å². The van der Waals surface area contributed by atoms with Crippen LogP contribution in [0, 0.1) is 0 Å². The molecule has 0 unspecified atom stereocenters. The van der Waals surface area contributed by atoms with Crippen LogP contribution in [0.25, 0.3) is 131 Å². The van der Waals surface area contributed by atoms with Crippen LogP contribution in [0.15, 0.2) is 291 Å². The van der Waals surface area contributed by atoms with Gasteiger partial charge in [0.2, 0.25) is 0 Å². The minimum absolute atomic E-state index is 0.409. The predicted octanol–water partition coefficient (Wildman–Crippen LogP) is 21.7. The highest BCUT2D eigenvalue weighted by Crippen LogP contribution is 2.65. The number of hydrogen-bond acceptors (Lipinski definition) is 1. The molecule has 1 aromatic heterocycles. The second-order valence-corrected chi connectivity index (χ2v) is 24.3. The summed E-state index contributed by atoms with van der Waals surface area (Å²) in [6, 6.07) is 111. The molecular weight excluding hydrogens is 1020 g/mol. The van der Waals surface area contributed by atoms with Crippen LogP contribution in [0.1, 0.15) is 44.5 Å². The average Bonchev–Trinajstić information content (AvgIpc) is 1.61. The van der Waals surface area contributed by atoms with Crippen LogP contribution in [0.4, 0.5) is 0 Å². The molecule has 382 valence electrons. The van der Waals surface area contributed by atoms with Crippen molar-refractivity contribution in [1.82, 2.24) is 0 Å². The third-order valence-corrected chi connectivity index (χ3v) is 20.7. The third-order valence-electron chi connectivity index (χ3n) is 19.5. The molecule has 0 saturated carbocycles. The number of benzene rings is 14. The van der Waals surface area contributed by atoms with Crippen LogP contribution in [-0.2, 0) is 10.8 Å². The molecule has 0 bridgehead atoms. The summed E-state index contributed by atoms with van der Waals surface area (Å²) in [4.78, 5) is 0. The Morgan fingerprint density at radius 3 is 1.06 bits per heavy atom. The molecule has 15 aromatic rings. The van der Waals surface area contributed by atoms with Gasteiger partial charge in [-0.25, -0.2) is 0 Å². The fourth-order valence-electron chi connectivity index (χ4n) is 16.1. The summed E-state index contributed by atoms with van der Waals surface area (Å²) in [5.74, 6) is 0. The number of hydrogen-bond donors (Lipinski definition) is 0. The summed E-state index contributed by atoms with van der Waals surface area (Å²) in [6.07, 6.45) is 0. The van der Waals surface area contributed by atoms with Crippen LogP contribution in [0.2, 0.25) is 0 Å². The van der Waals surface area contributed by atoms with Crippen LogP contribution in [0.5, 0.6) is 0 Å². The highest BCUT2D eigenvalue weighted by Gasteiger charge is 2.53. The monoisotopic (exact) mass is 1060 g/mol. The molecule has 0 fully saturated rings. The maximum atomic E-state index is 2.55. The quantitative estimate of drug-likeness (QED) is 0.154. The first-order chi connectivity index (χ1) is 41.1. The Labute approximate surface area is 485 Å². The van der Waals surface area contributed by atoms with Gasteiger partial charge in [-0.2, -0.15) is 0 Å². The lowest BCUT2D eigenvalue weighted by Crippen LogP contribution is -2.25. The molecule has 0 aliphatic heterocycles. The summed E-state index contributed by atoms with van der Waals surface area (Å²) in [5, 5.41) is 7.66. The van der Waals surface area contributed by atoms with Crippen molar-refractivity contribution in [2.45, 2.75) is 10.8 Å². The van der Waals surface area contributed by atoms with E-state index in [9.17, 15) is 0 Å². The second-order valence-electron chi connectivity index (χ2n) is 23.3. The first kappa shape index (κ1) is 45.5. The smallest absolute Gasteiger partial charge is 0.0725 e. The van der Waals surface area contributed by atoms with Gasteiger partial charge in [-0.3, -0.25) is 0 Å². The van der Waals surface area contributed by atoms with Crippen LogP contribution < -0.4 is 0 Å². The Morgan fingerprint density at radius 2 is 0.554 bits per heavy atom. The summed E-state index contributed by atoms with van der Waals surface area (Å²) >= 11 is 1.92. The van der Waals surface area contributed by atoms with Gasteiger partial charge in [-0.15, -0.1) is 11.3 Å². The summed E-state index contributed by atoms with van der Waals surface area (Å²) in [6.45, 7) is 0. The van der Waals surface area contributed by atoms with Gasteiger partial charge < -0.3 is 0 Å². The van der Waals surface area contributed by atoms with E-state index in [2.05, 4.69) is 291 Å². The zero-order valence-electron chi connectivity index (χ0n) is 45.1. The van der Waals surface area contributed by atoms with Gasteiger partial charge in [0.25, 0.3) is 0 Å². The van der Waals surface area contributed by atoms with Gasteiger partial charge in [-0.05, 0) is 192 Å². The van der Waals surface area contributed by atoms with Crippen LogP contribution in [-0.4, -0.2) is 0 Å². The first-order valence-corrected chi connectivity index (χ1v) is 29.9. The molecule has 1 heterocycles. The van der Waals surface area contributed by atoms with Crippen molar-refractivity contribution in [1.29, 1.82) is 0 Å². The number of fused-ring (bicyclic) bond motifs is 26. The van der Waals surface area contributed by atoms with E-state index in [-0.39, 0.29) is 0 Å². The van der Waals surface area contributed by atoms with Gasteiger partial charge >= 0.3 is 0 Å². The Hall–Kier alpha value is -10.2. The van der Waals surface area contributed by atoms with Crippen LogP contribution in [0.3, 0.4) is 0 Å². The molecule has 1 heteroatoms. The van der Waals surface area contributed by atoms with E-state index in [0.717, 1.165) is 0 Å². The molecule has 0 nitrogen and oxygen atoms in total. The van der Waals surface area contributed by atoms with E-state index in [1.54, 1.807) is 0 Å². The van der Waals surface area contributed by atoms with E-state index in [0.29, 0.717) is 0 Å². The predicted molar refractivity (Wildman–Crippen MR) is 349 cm³/mol. The van der Waals surface area contributed by atoms with Crippen molar-refractivity contribution >= 4 is 53.1 Å². The molecule has 0 atom stereocenters. The van der Waals surface area contributed by atoms with Gasteiger partial charge in [-0.1, -0.05) is 249 Å². The molecule has 19 rings (SSSR count). The topological polar surface area (TPSA) is 0 Å². The van der Waals surface area contributed by atoms with Crippen molar-refractivity contribution < 1.29 is 0 Å². The Balaban J connectivity index is 0.822. The lowest BCUT2D eigenvalue weighted by atomic mass is 9.70. The minimum Gasteiger partial charge on any atom is -0.135 e. The third kappa shape index (κ3) is 5.94. The highest BCUT2D eigenvalue weighted by molar-refractivity contribution is 7.26. The van der Waals surface area contributed by atoms with Crippen LogP contribution >= 0.6 is 11.3 Å². The van der Waals surface area contributed by atoms with Crippen molar-refractivity contribution in [3.05, 3.63) is 336 Å². The molecule has 4 aliphatic carbocycles. The number of rotatable bonds is 4. The SMILES string of the molecule is c1ccc2c(c1)-c1ccccc1C21c2ccccc2-c2ccc(-c3ccc4sc5c(-c6ccc(-c7cc8ccccc8c8ccccc78)cc6)cc(-c6ccc7c(c6)C6(c8ccccc8-c8ccccc86)c6ccccc6-7)cc5c4c3)cc21. The largest absolute Gasteiger partial charge is 0.135 e. The van der Waals surface area contributed by atoms with Gasteiger partial charge in [0, 0.05) is 25.7 Å². The second kappa shape index (κ2) is 16.7. The van der Waals surface area contributed by atoms with E-state index < -0.39 is 10.8 Å². The molecule has 2 spiro atoms. The summed E-state index contributed by atoms with van der Waals surface area (Å²) in [7, 11) is 0. The van der Waals surface area contributed by atoms with Crippen molar-refractivity contribution in [3.8, 4) is 89.0 Å². The zero-order chi connectivity index (χ0) is 54.1. The standard InChI is InChI=1S/C82H48S/c1-2-18-56-54(17-1)44-67(58-20-4-3-19-57(56)58)49-33-35-50(36-34-49)68-45-55(53-38-41-66-64-26-10-16-32-76(64)82(78(66)48-53)73-29-13-7-23-61(73)62-24-8-14-30-74(62)82)46-70-69-43-51(39-42-79(69)83-80(68)70)52-37-40-65-63-25-9-15-31-75(63)81(77(65)47-52)71-27-11-5-21-59(71)60-22-6-12-28-72(60)81/h1-48H. The fraction of sp³-hybridized carbons (Fsp3) is 0.0244. The average molecular weight is 1070 g/mol. The molecule has 4 aliphatic rings. The van der Waals surface area contributed by atoms with Crippen molar-refractivity contribution in [2.24, 2.45) is 0 Å². The lowest BCUT2D eigenvalue weighted by molar-refractivity contribution is 0.794. The molecule has 14 aromatic carbocycles. The molecular formula is C82H48S. The van der Waals surface area contributed by atoms with Gasteiger partial charge in [0.1, 0.15) is 0 Å². The summed E-state index contributed by atoms with van der Waals surface area (Å²) < 4.78 is 2.59. The van der Waals surface area contributed by atoms with Gasteiger partial charge in [0.15, 0.2) is 0 Å². The fourth-order valence-corrected chi connectivity index (χ4v) is 17.3. The van der Waals surface area contributed by atoms with E-state index in [1.165, 1.54) is 175 Å². The van der Waals surface area contributed by atoms with Crippen molar-refractivity contribution in [2.75, 3.05) is 0 Å². The van der Waals surface area contributed by atoms with E-state index in [1.807, 2.05) is 11.3 Å². The maximum Gasteiger partial charge on any atom is 0.0725 e. The normalized spacial score (nSPS) is 14.0. The molecule has 0 radical (unpaired) electrons.